The van der Waals surface area contributed by atoms with E-state index < -0.39 is 22.0 Å². The van der Waals surface area contributed by atoms with Gasteiger partial charge in [0.25, 0.3) is 0 Å². The number of nitrogens with one attached hydrogen (secondary N) is 1. The zero-order valence-corrected chi connectivity index (χ0v) is 11.3. The number of sulfonamides is 1. The van der Waals surface area contributed by atoms with Crippen LogP contribution in [-0.2, 0) is 21.2 Å². The molecule has 0 amide bonds. The topological polar surface area (TPSA) is 109 Å². The van der Waals surface area contributed by atoms with Crippen LogP contribution >= 0.6 is 0 Å². The highest BCUT2D eigenvalue weighted by molar-refractivity contribution is 7.92. The Morgan fingerprint density at radius 2 is 2.21 bits per heavy atom. The third-order valence-corrected chi connectivity index (χ3v) is 2.99. The van der Waals surface area contributed by atoms with Gasteiger partial charge in [0.2, 0.25) is 10.0 Å². The van der Waals surface area contributed by atoms with E-state index in [4.69, 9.17) is 10.8 Å². The summed E-state index contributed by atoms with van der Waals surface area (Å²) in [7, 11) is -3.38. The van der Waals surface area contributed by atoms with Crippen LogP contribution in [0.5, 0.6) is 0 Å². The maximum absolute atomic E-state index is 11.2. The summed E-state index contributed by atoms with van der Waals surface area (Å²) < 4.78 is 24.7. The highest BCUT2D eigenvalue weighted by atomic mass is 32.2. The first-order chi connectivity index (χ1) is 8.73. The van der Waals surface area contributed by atoms with Crippen LogP contribution in [0, 0.1) is 0 Å². The van der Waals surface area contributed by atoms with Gasteiger partial charge in [-0.25, -0.2) is 8.42 Å². The molecule has 1 aromatic carbocycles. The van der Waals surface area contributed by atoms with E-state index in [9.17, 15) is 13.2 Å². The molecular formula is C12H16N2O4S. The molecule has 104 valence electrons. The van der Waals surface area contributed by atoms with Gasteiger partial charge >= 0.3 is 5.97 Å². The van der Waals surface area contributed by atoms with Crippen molar-refractivity contribution < 1.29 is 18.3 Å². The molecule has 0 aliphatic rings. The lowest BCUT2D eigenvalue weighted by Crippen LogP contribution is -2.32. The number of nitrogens with two attached hydrogens (primary N) is 1. The van der Waals surface area contributed by atoms with Gasteiger partial charge in [-0.1, -0.05) is 18.7 Å². The Morgan fingerprint density at radius 1 is 1.58 bits per heavy atom. The van der Waals surface area contributed by atoms with Gasteiger partial charge in [-0.15, -0.1) is 0 Å². The third-order valence-electron chi connectivity index (χ3n) is 2.40. The van der Waals surface area contributed by atoms with E-state index in [2.05, 4.69) is 11.3 Å². The second kappa shape index (κ2) is 5.85. The fourth-order valence-corrected chi connectivity index (χ4v) is 2.13. The molecule has 0 aromatic heterocycles. The second-order valence-corrected chi connectivity index (χ2v) is 5.90. The maximum Gasteiger partial charge on any atom is 0.320 e. The fourth-order valence-electron chi connectivity index (χ4n) is 1.54. The molecule has 0 aliphatic carbocycles. The predicted octanol–water partition coefficient (Wildman–Crippen LogP) is 0.655. The summed E-state index contributed by atoms with van der Waals surface area (Å²) in [6.07, 6.45) is 2.70. The van der Waals surface area contributed by atoms with Gasteiger partial charge in [-0.05, 0) is 29.7 Å². The summed E-state index contributed by atoms with van der Waals surface area (Å²) in [4.78, 5) is 10.7. The summed E-state index contributed by atoms with van der Waals surface area (Å²) in [5.41, 5.74) is 7.10. The molecule has 0 aliphatic heterocycles. The molecular weight excluding hydrogens is 268 g/mol. The standard InChI is InChI=1S/C12H16N2O4S/c1-3-9-6-8(7-10(13)12(15)16)4-5-11(9)14-19(2,17)18/h3-6,10,14H,1,7,13H2,2H3,(H,15,16). The Kier molecular flexibility index (Phi) is 4.68. The first-order valence-corrected chi connectivity index (χ1v) is 7.33. The van der Waals surface area contributed by atoms with E-state index in [1.54, 1.807) is 18.2 Å². The lowest BCUT2D eigenvalue weighted by molar-refractivity contribution is -0.138. The number of anilines is 1. The lowest BCUT2D eigenvalue weighted by Gasteiger charge is -2.11. The molecule has 6 nitrogen and oxygen atoms in total. The Balaban J connectivity index is 3.02. The number of carboxylic acids is 1. The van der Waals surface area contributed by atoms with Gasteiger partial charge < -0.3 is 10.8 Å². The van der Waals surface area contributed by atoms with Crippen LogP contribution in [0.15, 0.2) is 24.8 Å². The van der Waals surface area contributed by atoms with Gasteiger partial charge in [-0.3, -0.25) is 9.52 Å². The number of hydrogen-bond acceptors (Lipinski definition) is 4. The molecule has 1 atom stereocenters. The summed E-state index contributed by atoms with van der Waals surface area (Å²) in [5, 5.41) is 8.74. The van der Waals surface area contributed by atoms with Crippen molar-refractivity contribution in [1.29, 1.82) is 0 Å². The number of carbonyl (C=O) groups is 1. The van der Waals surface area contributed by atoms with E-state index in [1.165, 1.54) is 6.08 Å². The molecule has 1 unspecified atom stereocenters. The molecule has 0 bridgehead atoms. The van der Waals surface area contributed by atoms with Crippen LogP contribution in [0.1, 0.15) is 11.1 Å². The van der Waals surface area contributed by atoms with E-state index in [0.717, 1.165) is 6.26 Å². The van der Waals surface area contributed by atoms with Crippen LogP contribution in [0.2, 0.25) is 0 Å². The molecule has 0 saturated carbocycles. The van der Waals surface area contributed by atoms with E-state index >= 15 is 0 Å². The minimum absolute atomic E-state index is 0.162. The Bertz CT molecular complexity index is 596. The monoisotopic (exact) mass is 284 g/mol. The van der Waals surface area contributed by atoms with Gasteiger partial charge in [0.05, 0.1) is 11.9 Å². The Morgan fingerprint density at radius 3 is 2.68 bits per heavy atom. The summed E-state index contributed by atoms with van der Waals surface area (Å²) in [5.74, 6) is -1.08. The van der Waals surface area contributed by atoms with Gasteiger partial charge in [0, 0.05) is 0 Å². The van der Waals surface area contributed by atoms with Gasteiger partial charge in [-0.2, -0.15) is 0 Å². The number of carboxylic acid groups (broad SMARTS) is 1. The molecule has 7 heteroatoms. The first-order valence-electron chi connectivity index (χ1n) is 5.44. The molecule has 1 aromatic rings. The largest absolute Gasteiger partial charge is 0.480 e. The molecule has 0 saturated heterocycles. The van der Waals surface area contributed by atoms with Gasteiger partial charge in [0.1, 0.15) is 6.04 Å². The smallest absolute Gasteiger partial charge is 0.320 e. The van der Waals surface area contributed by atoms with Crippen LogP contribution in [0.4, 0.5) is 5.69 Å². The molecule has 0 heterocycles. The molecule has 4 N–H and O–H groups in total. The summed E-state index contributed by atoms with van der Waals surface area (Å²) in [6, 6.07) is 3.85. The van der Waals surface area contributed by atoms with Gasteiger partial charge in [0.15, 0.2) is 0 Å². The average molecular weight is 284 g/mol. The minimum Gasteiger partial charge on any atom is -0.480 e. The summed E-state index contributed by atoms with van der Waals surface area (Å²) >= 11 is 0. The van der Waals surface area contributed by atoms with Crippen molar-refractivity contribution in [2.45, 2.75) is 12.5 Å². The van der Waals surface area contributed by atoms with E-state index in [0.29, 0.717) is 16.8 Å². The highest BCUT2D eigenvalue weighted by Crippen LogP contribution is 2.20. The normalized spacial score (nSPS) is 12.7. The number of hydrogen-bond donors (Lipinski definition) is 3. The Hall–Kier alpha value is -1.86. The predicted molar refractivity (Wildman–Crippen MR) is 74.3 cm³/mol. The highest BCUT2D eigenvalue weighted by Gasteiger charge is 2.13. The van der Waals surface area contributed by atoms with Crippen LogP contribution in [0.25, 0.3) is 6.08 Å². The van der Waals surface area contributed by atoms with Crippen LogP contribution in [0.3, 0.4) is 0 Å². The Labute approximate surface area is 112 Å². The van der Waals surface area contributed by atoms with Crippen molar-refractivity contribution in [1.82, 2.24) is 0 Å². The zero-order valence-electron chi connectivity index (χ0n) is 10.5. The van der Waals surface area contributed by atoms with Crippen LogP contribution < -0.4 is 10.5 Å². The van der Waals surface area contributed by atoms with Crippen molar-refractivity contribution in [2.24, 2.45) is 5.73 Å². The average Bonchev–Trinajstić information content (AvgIpc) is 2.29. The SMILES string of the molecule is C=Cc1cc(CC(N)C(=O)O)ccc1NS(C)(=O)=O. The number of benzene rings is 1. The fraction of sp³-hybridized carbons (Fsp3) is 0.250. The third kappa shape index (κ3) is 4.72. The minimum atomic E-state index is -3.38. The van der Waals surface area contributed by atoms with Crippen molar-refractivity contribution in [3.63, 3.8) is 0 Å². The number of rotatable bonds is 6. The quantitative estimate of drug-likeness (QED) is 0.710. The van der Waals surface area contributed by atoms with Crippen LogP contribution in [-0.4, -0.2) is 31.8 Å². The van der Waals surface area contributed by atoms with E-state index in [-0.39, 0.29) is 6.42 Å². The lowest BCUT2D eigenvalue weighted by atomic mass is 10.0. The van der Waals surface area contributed by atoms with Crippen molar-refractivity contribution in [2.75, 3.05) is 11.0 Å². The zero-order chi connectivity index (χ0) is 14.6. The molecule has 0 spiro atoms. The molecule has 0 fully saturated rings. The van der Waals surface area contributed by atoms with Crippen molar-refractivity contribution >= 4 is 27.8 Å². The molecule has 19 heavy (non-hydrogen) atoms. The summed E-state index contributed by atoms with van der Waals surface area (Å²) in [6.45, 7) is 3.59. The van der Waals surface area contributed by atoms with Crippen molar-refractivity contribution in [3.05, 3.63) is 35.9 Å². The number of aliphatic carboxylic acids is 1. The van der Waals surface area contributed by atoms with Crippen molar-refractivity contribution in [3.8, 4) is 0 Å². The molecule has 0 radical (unpaired) electrons. The van der Waals surface area contributed by atoms with E-state index in [1.807, 2.05) is 0 Å². The second-order valence-electron chi connectivity index (χ2n) is 4.15. The molecule has 1 rings (SSSR count). The maximum atomic E-state index is 11.2. The first kappa shape index (κ1) is 15.2.